The van der Waals surface area contributed by atoms with Gasteiger partial charge in [-0.25, -0.2) is 8.42 Å². The van der Waals surface area contributed by atoms with Crippen molar-refractivity contribution in [1.29, 1.82) is 0 Å². The van der Waals surface area contributed by atoms with E-state index >= 15 is 0 Å². The van der Waals surface area contributed by atoms with Crippen LogP contribution in [0.15, 0.2) is 47.4 Å². The van der Waals surface area contributed by atoms with Gasteiger partial charge in [0.25, 0.3) is 15.9 Å². The number of methoxy groups -OCH3 is 2. The topological polar surface area (TPSA) is 84.9 Å². The summed E-state index contributed by atoms with van der Waals surface area (Å²) in [5.74, 6) is 0.595. The average molecular weight is 404 g/mol. The van der Waals surface area contributed by atoms with Gasteiger partial charge >= 0.3 is 0 Å². The fraction of sp³-hybridized carbons (Fsp3) is 0.350. The van der Waals surface area contributed by atoms with Gasteiger partial charge in [0.1, 0.15) is 16.4 Å². The summed E-state index contributed by atoms with van der Waals surface area (Å²) in [6, 6.07) is 11.0. The smallest absolute Gasteiger partial charge is 0.265 e. The van der Waals surface area contributed by atoms with Crippen molar-refractivity contribution in [3.8, 4) is 11.5 Å². The van der Waals surface area contributed by atoms with Crippen LogP contribution in [0.2, 0.25) is 0 Å². The van der Waals surface area contributed by atoms with Crippen molar-refractivity contribution in [3.05, 3.63) is 48.0 Å². The molecule has 0 spiro atoms. The van der Waals surface area contributed by atoms with Gasteiger partial charge < -0.3 is 14.4 Å². The summed E-state index contributed by atoms with van der Waals surface area (Å²) in [5, 5.41) is 0. The third kappa shape index (κ3) is 4.39. The lowest BCUT2D eigenvalue weighted by Crippen LogP contribution is -2.35. The van der Waals surface area contributed by atoms with Crippen molar-refractivity contribution >= 4 is 21.6 Å². The molecular formula is C20H24N2O5S. The number of carbonyl (C=O) groups excluding carboxylic acids is 1. The summed E-state index contributed by atoms with van der Waals surface area (Å²) in [6.45, 7) is 1.53. The second kappa shape index (κ2) is 8.52. The van der Waals surface area contributed by atoms with Crippen LogP contribution in [-0.4, -0.2) is 46.5 Å². The third-order valence-corrected chi connectivity index (χ3v) is 6.09. The first-order chi connectivity index (χ1) is 13.4. The fourth-order valence-corrected chi connectivity index (χ4v) is 4.41. The van der Waals surface area contributed by atoms with Gasteiger partial charge in [0.15, 0.2) is 0 Å². The summed E-state index contributed by atoms with van der Waals surface area (Å²) in [5.41, 5.74) is 0.906. The Bertz CT molecular complexity index is 936. The van der Waals surface area contributed by atoms with Gasteiger partial charge in [-0.3, -0.25) is 9.52 Å². The Morgan fingerprint density at radius 3 is 2.25 bits per heavy atom. The Morgan fingerprint density at radius 1 is 0.964 bits per heavy atom. The lowest BCUT2D eigenvalue weighted by molar-refractivity contribution is 0.0724. The van der Waals surface area contributed by atoms with Gasteiger partial charge in [-0.05, 0) is 55.7 Å². The summed E-state index contributed by atoms with van der Waals surface area (Å²) >= 11 is 0. The minimum absolute atomic E-state index is 0.0245. The van der Waals surface area contributed by atoms with Gasteiger partial charge in [-0.1, -0.05) is 0 Å². The van der Waals surface area contributed by atoms with E-state index in [1.165, 1.54) is 26.4 Å². The molecule has 8 heteroatoms. The van der Waals surface area contributed by atoms with Crippen molar-refractivity contribution in [2.75, 3.05) is 32.0 Å². The molecule has 1 aliphatic rings. The Balaban J connectivity index is 1.79. The Kier molecular flexibility index (Phi) is 6.08. The Morgan fingerprint density at radius 2 is 1.64 bits per heavy atom. The van der Waals surface area contributed by atoms with Crippen molar-refractivity contribution in [2.45, 2.75) is 24.2 Å². The molecule has 2 aromatic carbocycles. The molecule has 1 N–H and O–H groups in total. The van der Waals surface area contributed by atoms with E-state index in [2.05, 4.69) is 4.72 Å². The fourth-order valence-electron chi connectivity index (χ4n) is 3.16. The second-order valence-corrected chi connectivity index (χ2v) is 8.20. The molecular weight excluding hydrogens is 380 g/mol. The van der Waals surface area contributed by atoms with E-state index in [0.29, 0.717) is 17.0 Å². The number of anilines is 1. The molecule has 0 unspecified atom stereocenters. The van der Waals surface area contributed by atoms with Crippen molar-refractivity contribution < 1.29 is 22.7 Å². The highest BCUT2D eigenvalue weighted by atomic mass is 32.2. The molecule has 7 nitrogen and oxygen atoms in total. The molecule has 0 atom stereocenters. The molecule has 28 heavy (non-hydrogen) atoms. The second-order valence-electron chi connectivity index (χ2n) is 6.55. The summed E-state index contributed by atoms with van der Waals surface area (Å²) < 4.78 is 38.4. The molecule has 3 rings (SSSR count). The monoisotopic (exact) mass is 404 g/mol. The average Bonchev–Trinajstić information content (AvgIpc) is 2.73. The summed E-state index contributed by atoms with van der Waals surface area (Å²) in [6.07, 6.45) is 3.19. The molecule has 1 saturated heterocycles. The quantitative estimate of drug-likeness (QED) is 0.800. The number of nitrogens with zero attached hydrogens (tertiary/aromatic N) is 1. The number of rotatable bonds is 6. The highest BCUT2D eigenvalue weighted by molar-refractivity contribution is 7.92. The third-order valence-electron chi connectivity index (χ3n) is 4.69. The molecule has 1 aliphatic heterocycles. The zero-order valence-electron chi connectivity index (χ0n) is 16.0. The maximum Gasteiger partial charge on any atom is 0.265 e. The number of ether oxygens (including phenoxy) is 2. The predicted octanol–water partition coefficient (Wildman–Crippen LogP) is 3.13. The van der Waals surface area contributed by atoms with E-state index < -0.39 is 10.0 Å². The van der Waals surface area contributed by atoms with E-state index in [0.717, 1.165) is 32.4 Å². The van der Waals surface area contributed by atoms with Gasteiger partial charge in [-0.15, -0.1) is 0 Å². The van der Waals surface area contributed by atoms with Crippen molar-refractivity contribution in [1.82, 2.24) is 4.90 Å². The minimum Gasteiger partial charge on any atom is -0.497 e. The van der Waals surface area contributed by atoms with Gasteiger partial charge in [0.05, 0.1) is 14.2 Å². The number of carbonyl (C=O) groups is 1. The lowest BCUT2D eigenvalue weighted by Gasteiger charge is -2.26. The molecule has 0 bridgehead atoms. The van der Waals surface area contributed by atoms with E-state index in [4.69, 9.17) is 9.47 Å². The zero-order valence-corrected chi connectivity index (χ0v) is 16.8. The van der Waals surface area contributed by atoms with Crippen LogP contribution < -0.4 is 14.2 Å². The number of sulfonamides is 1. The summed E-state index contributed by atoms with van der Waals surface area (Å²) in [7, 11) is -1.03. The van der Waals surface area contributed by atoms with Crippen LogP contribution in [0.4, 0.5) is 5.69 Å². The molecule has 0 radical (unpaired) electrons. The first-order valence-electron chi connectivity index (χ1n) is 9.09. The minimum atomic E-state index is -3.89. The zero-order chi connectivity index (χ0) is 20.1. The molecule has 2 aromatic rings. The number of benzene rings is 2. The highest BCUT2D eigenvalue weighted by Gasteiger charge is 2.22. The van der Waals surface area contributed by atoms with Crippen molar-refractivity contribution in [2.24, 2.45) is 0 Å². The molecule has 1 fully saturated rings. The molecule has 1 amide bonds. The van der Waals surface area contributed by atoms with E-state index in [9.17, 15) is 13.2 Å². The number of amides is 1. The van der Waals surface area contributed by atoms with Crippen LogP contribution >= 0.6 is 0 Å². The number of likely N-dealkylation sites (tertiary alicyclic amines) is 1. The number of piperidine rings is 1. The first kappa shape index (κ1) is 20.0. The number of hydrogen-bond acceptors (Lipinski definition) is 5. The van der Waals surface area contributed by atoms with Crippen molar-refractivity contribution in [3.63, 3.8) is 0 Å². The first-order valence-corrected chi connectivity index (χ1v) is 10.6. The highest BCUT2D eigenvalue weighted by Crippen LogP contribution is 2.29. The van der Waals surface area contributed by atoms with Gasteiger partial charge in [-0.2, -0.15) is 0 Å². The molecule has 0 aliphatic carbocycles. The standard InChI is InChI=1S/C20H24N2O5S/c1-26-17-10-11-18(27-2)19(14-17)28(24,25)21-16-8-6-15(7-9-16)20(23)22-12-4-3-5-13-22/h6-11,14,21H,3-5,12-13H2,1-2H3. The normalized spacial score (nSPS) is 14.4. The van der Waals surface area contributed by atoms with Crippen LogP contribution in [0, 0.1) is 0 Å². The Hall–Kier alpha value is -2.74. The number of nitrogens with one attached hydrogen (secondary N) is 1. The largest absolute Gasteiger partial charge is 0.497 e. The maximum absolute atomic E-state index is 12.8. The van der Waals surface area contributed by atoms with Crippen LogP contribution in [-0.2, 0) is 10.0 Å². The van der Waals surface area contributed by atoms with Crippen LogP contribution in [0.1, 0.15) is 29.6 Å². The molecule has 150 valence electrons. The van der Waals surface area contributed by atoms with Crippen LogP contribution in [0.3, 0.4) is 0 Å². The van der Waals surface area contributed by atoms with E-state index in [1.807, 2.05) is 4.90 Å². The molecule has 0 aromatic heterocycles. The van der Waals surface area contributed by atoms with E-state index in [1.54, 1.807) is 30.3 Å². The Labute approximate surface area is 165 Å². The van der Waals surface area contributed by atoms with E-state index in [-0.39, 0.29) is 16.6 Å². The van der Waals surface area contributed by atoms with Crippen LogP contribution in [0.5, 0.6) is 11.5 Å². The predicted molar refractivity (Wildman–Crippen MR) is 107 cm³/mol. The lowest BCUT2D eigenvalue weighted by atomic mass is 10.1. The van der Waals surface area contributed by atoms with Gasteiger partial charge in [0.2, 0.25) is 0 Å². The molecule has 0 saturated carbocycles. The summed E-state index contributed by atoms with van der Waals surface area (Å²) in [4.78, 5) is 14.3. The van der Waals surface area contributed by atoms with Crippen LogP contribution in [0.25, 0.3) is 0 Å². The van der Waals surface area contributed by atoms with Gasteiger partial charge in [0, 0.05) is 30.4 Å². The SMILES string of the molecule is COc1ccc(OC)c(S(=O)(=O)Nc2ccc(C(=O)N3CCCCC3)cc2)c1. The number of hydrogen-bond donors (Lipinski definition) is 1. The molecule has 1 heterocycles. The maximum atomic E-state index is 12.8.